The van der Waals surface area contributed by atoms with E-state index in [2.05, 4.69) is 20.8 Å². The fourth-order valence-electron chi connectivity index (χ4n) is 2.55. The van der Waals surface area contributed by atoms with Gasteiger partial charge in [0, 0.05) is 5.92 Å². The molecule has 0 aromatic carbocycles. The summed E-state index contributed by atoms with van der Waals surface area (Å²) in [7, 11) is 0. The van der Waals surface area contributed by atoms with Crippen molar-refractivity contribution in [2.75, 3.05) is 0 Å². The number of hydrogen-bond acceptors (Lipinski definition) is 1. The number of rotatable bonds is 2. The van der Waals surface area contributed by atoms with Crippen LogP contribution in [0.3, 0.4) is 0 Å². The Morgan fingerprint density at radius 3 is 2.42 bits per heavy atom. The first-order valence-corrected chi connectivity index (χ1v) is 4.99. The van der Waals surface area contributed by atoms with Gasteiger partial charge in [-0.25, -0.2) is 0 Å². The topological polar surface area (TPSA) is 17.1 Å². The SMILES string of the molecule is CC(=O)C1CCCC1(C)C(C)C. The van der Waals surface area contributed by atoms with Crippen molar-refractivity contribution in [2.45, 2.75) is 47.0 Å². The predicted octanol–water partition coefficient (Wildman–Crippen LogP) is 3.04. The molecule has 0 bridgehead atoms. The summed E-state index contributed by atoms with van der Waals surface area (Å²) in [4.78, 5) is 11.4. The fourth-order valence-corrected chi connectivity index (χ4v) is 2.55. The van der Waals surface area contributed by atoms with Crippen LogP contribution in [-0.4, -0.2) is 5.78 Å². The average Bonchev–Trinajstić information content (AvgIpc) is 2.32. The van der Waals surface area contributed by atoms with Crippen molar-refractivity contribution < 1.29 is 4.79 Å². The van der Waals surface area contributed by atoms with Crippen LogP contribution in [0.25, 0.3) is 0 Å². The van der Waals surface area contributed by atoms with Crippen LogP contribution in [0.5, 0.6) is 0 Å². The second-order valence-corrected chi connectivity index (χ2v) is 4.72. The second kappa shape index (κ2) is 3.20. The van der Waals surface area contributed by atoms with Crippen molar-refractivity contribution in [3.05, 3.63) is 0 Å². The molecule has 0 amide bonds. The van der Waals surface area contributed by atoms with Gasteiger partial charge in [-0.1, -0.05) is 27.2 Å². The normalized spacial score (nSPS) is 35.9. The summed E-state index contributed by atoms with van der Waals surface area (Å²) < 4.78 is 0. The maximum absolute atomic E-state index is 11.4. The van der Waals surface area contributed by atoms with Crippen LogP contribution in [0, 0.1) is 17.3 Å². The number of hydrogen-bond donors (Lipinski definition) is 0. The molecule has 0 N–H and O–H groups in total. The van der Waals surface area contributed by atoms with Gasteiger partial charge in [0.2, 0.25) is 0 Å². The highest BCUT2D eigenvalue weighted by Gasteiger charge is 2.43. The predicted molar refractivity (Wildman–Crippen MR) is 51.0 cm³/mol. The summed E-state index contributed by atoms with van der Waals surface area (Å²) in [6.07, 6.45) is 3.58. The molecule has 70 valence electrons. The van der Waals surface area contributed by atoms with E-state index in [1.807, 2.05) is 0 Å². The van der Waals surface area contributed by atoms with Gasteiger partial charge in [-0.3, -0.25) is 4.79 Å². The van der Waals surface area contributed by atoms with E-state index in [0.29, 0.717) is 17.6 Å². The fraction of sp³-hybridized carbons (Fsp3) is 0.909. The lowest BCUT2D eigenvalue weighted by Crippen LogP contribution is -2.32. The zero-order valence-corrected chi connectivity index (χ0v) is 8.68. The summed E-state index contributed by atoms with van der Waals surface area (Å²) in [6, 6.07) is 0. The molecule has 0 aromatic heterocycles. The zero-order chi connectivity index (χ0) is 9.35. The van der Waals surface area contributed by atoms with E-state index in [0.717, 1.165) is 6.42 Å². The molecule has 1 fully saturated rings. The first kappa shape index (κ1) is 9.76. The van der Waals surface area contributed by atoms with Gasteiger partial charge < -0.3 is 0 Å². The first-order chi connectivity index (χ1) is 5.48. The van der Waals surface area contributed by atoms with Crippen LogP contribution in [-0.2, 0) is 4.79 Å². The van der Waals surface area contributed by atoms with Gasteiger partial charge in [0.15, 0.2) is 0 Å². The third-order valence-electron chi connectivity index (χ3n) is 3.81. The Kier molecular flexibility index (Phi) is 2.60. The summed E-state index contributed by atoms with van der Waals surface area (Å²) in [5.74, 6) is 1.36. The maximum atomic E-state index is 11.4. The largest absolute Gasteiger partial charge is 0.300 e. The van der Waals surface area contributed by atoms with Crippen LogP contribution in [0.2, 0.25) is 0 Å². The van der Waals surface area contributed by atoms with Crippen LogP contribution in [0.15, 0.2) is 0 Å². The minimum Gasteiger partial charge on any atom is -0.300 e. The Bertz CT molecular complexity index is 183. The molecule has 0 aliphatic heterocycles. The summed E-state index contributed by atoms with van der Waals surface area (Å²) in [6.45, 7) is 8.50. The third kappa shape index (κ3) is 1.41. The molecule has 0 heterocycles. The van der Waals surface area contributed by atoms with Crippen molar-refractivity contribution in [1.82, 2.24) is 0 Å². The van der Waals surface area contributed by atoms with E-state index >= 15 is 0 Å². The van der Waals surface area contributed by atoms with E-state index < -0.39 is 0 Å². The molecule has 1 nitrogen and oxygen atoms in total. The molecule has 1 rings (SSSR count). The van der Waals surface area contributed by atoms with E-state index in [9.17, 15) is 4.79 Å². The number of carbonyl (C=O) groups is 1. The second-order valence-electron chi connectivity index (χ2n) is 4.72. The number of ketones is 1. The van der Waals surface area contributed by atoms with Gasteiger partial charge >= 0.3 is 0 Å². The molecule has 0 aromatic rings. The van der Waals surface area contributed by atoms with Crippen LogP contribution < -0.4 is 0 Å². The molecule has 0 saturated heterocycles. The molecule has 0 spiro atoms. The minimum atomic E-state index is 0.284. The lowest BCUT2D eigenvalue weighted by molar-refractivity contribution is -0.124. The zero-order valence-electron chi connectivity index (χ0n) is 8.68. The number of carbonyl (C=O) groups excluding carboxylic acids is 1. The van der Waals surface area contributed by atoms with Crippen LogP contribution in [0.1, 0.15) is 47.0 Å². The van der Waals surface area contributed by atoms with Gasteiger partial charge in [-0.2, -0.15) is 0 Å². The Hall–Kier alpha value is -0.330. The van der Waals surface area contributed by atoms with E-state index in [-0.39, 0.29) is 5.41 Å². The highest BCUT2D eigenvalue weighted by molar-refractivity contribution is 5.79. The molecule has 12 heavy (non-hydrogen) atoms. The smallest absolute Gasteiger partial charge is 0.133 e. The van der Waals surface area contributed by atoms with Gasteiger partial charge in [-0.05, 0) is 31.1 Å². The van der Waals surface area contributed by atoms with E-state index in [1.54, 1.807) is 6.92 Å². The van der Waals surface area contributed by atoms with Crippen molar-refractivity contribution in [3.63, 3.8) is 0 Å². The highest BCUT2D eigenvalue weighted by atomic mass is 16.1. The van der Waals surface area contributed by atoms with Crippen molar-refractivity contribution in [2.24, 2.45) is 17.3 Å². The molecule has 2 unspecified atom stereocenters. The summed E-state index contributed by atoms with van der Waals surface area (Å²) in [5.41, 5.74) is 0.284. The van der Waals surface area contributed by atoms with Crippen molar-refractivity contribution in [3.8, 4) is 0 Å². The third-order valence-corrected chi connectivity index (χ3v) is 3.81. The van der Waals surface area contributed by atoms with Crippen molar-refractivity contribution >= 4 is 5.78 Å². The van der Waals surface area contributed by atoms with Gasteiger partial charge in [-0.15, -0.1) is 0 Å². The molecule has 1 aliphatic carbocycles. The molecule has 0 radical (unpaired) electrons. The Morgan fingerprint density at radius 2 is 2.08 bits per heavy atom. The average molecular weight is 168 g/mol. The first-order valence-electron chi connectivity index (χ1n) is 4.99. The summed E-state index contributed by atoms with van der Waals surface area (Å²) >= 11 is 0. The van der Waals surface area contributed by atoms with Gasteiger partial charge in [0.1, 0.15) is 5.78 Å². The van der Waals surface area contributed by atoms with Crippen molar-refractivity contribution in [1.29, 1.82) is 0 Å². The van der Waals surface area contributed by atoms with E-state index in [4.69, 9.17) is 0 Å². The lowest BCUT2D eigenvalue weighted by Gasteiger charge is -2.34. The van der Waals surface area contributed by atoms with Crippen LogP contribution in [0.4, 0.5) is 0 Å². The maximum Gasteiger partial charge on any atom is 0.133 e. The number of Topliss-reactive ketones (excluding diaryl/α,β-unsaturated/α-hetero) is 1. The monoisotopic (exact) mass is 168 g/mol. The standard InChI is InChI=1S/C11H20O/c1-8(2)11(4)7-5-6-10(11)9(3)12/h8,10H,5-7H2,1-4H3. The molecule has 1 heteroatoms. The van der Waals surface area contributed by atoms with Gasteiger partial charge in [0.25, 0.3) is 0 Å². The van der Waals surface area contributed by atoms with E-state index in [1.165, 1.54) is 12.8 Å². The Labute approximate surface area is 75.5 Å². The highest BCUT2D eigenvalue weighted by Crippen LogP contribution is 2.48. The van der Waals surface area contributed by atoms with Crippen LogP contribution >= 0.6 is 0 Å². The molecular weight excluding hydrogens is 148 g/mol. The minimum absolute atomic E-state index is 0.284. The lowest BCUT2D eigenvalue weighted by atomic mass is 9.70. The van der Waals surface area contributed by atoms with Gasteiger partial charge in [0.05, 0.1) is 0 Å². The molecular formula is C11H20O. The Morgan fingerprint density at radius 1 is 1.50 bits per heavy atom. The quantitative estimate of drug-likeness (QED) is 0.619. The Balaban J connectivity index is 2.81. The summed E-state index contributed by atoms with van der Waals surface area (Å²) in [5, 5.41) is 0. The molecule has 1 aliphatic rings. The molecule has 2 atom stereocenters. The molecule has 1 saturated carbocycles.